The largest absolute Gasteiger partial charge is 0.379 e. The Kier molecular flexibility index (Phi) is 5.98. The van der Waals surface area contributed by atoms with Crippen molar-refractivity contribution in [1.29, 1.82) is 0 Å². The Morgan fingerprint density at radius 3 is 2.58 bits per heavy atom. The van der Waals surface area contributed by atoms with Gasteiger partial charge in [-0.1, -0.05) is 32.0 Å². The second kappa shape index (κ2) is 8.05. The van der Waals surface area contributed by atoms with Crippen molar-refractivity contribution in [2.24, 2.45) is 11.8 Å². The van der Waals surface area contributed by atoms with Crippen molar-refractivity contribution < 1.29 is 14.3 Å². The lowest BCUT2D eigenvalue weighted by Gasteiger charge is -2.43. The van der Waals surface area contributed by atoms with E-state index in [2.05, 4.69) is 18.7 Å². The smallest absolute Gasteiger partial charge is 0.256 e. The molecule has 0 spiro atoms. The number of amides is 1. The number of benzene rings is 1. The van der Waals surface area contributed by atoms with E-state index in [0.717, 1.165) is 38.3 Å². The first kappa shape index (κ1) is 19.3. The summed E-state index contributed by atoms with van der Waals surface area (Å²) < 4.78 is 13.9. The molecule has 1 aromatic carbocycles. The summed E-state index contributed by atoms with van der Waals surface area (Å²) in [6.07, 6.45) is 3.49. The van der Waals surface area contributed by atoms with Crippen LogP contribution in [0.5, 0.6) is 0 Å². The SMILES string of the molecule is CC(C)C1CCN(C[C@]2(O)CCCN(Cc3ccccc3F)C2=O)CC1. The zero-order valence-corrected chi connectivity index (χ0v) is 16.0. The van der Waals surface area contributed by atoms with Crippen molar-refractivity contribution in [3.63, 3.8) is 0 Å². The molecule has 2 aliphatic rings. The van der Waals surface area contributed by atoms with E-state index in [9.17, 15) is 14.3 Å². The summed E-state index contributed by atoms with van der Waals surface area (Å²) in [4.78, 5) is 16.8. The molecular weight excluding hydrogens is 331 g/mol. The molecule has 2 heterocycles. The van der Waals surface area contributed by atoms with E-state index in [-0.39, 0.29) is 18.3 Å². The normalized spacial score (nSPS) is 25.9. The van der Waals surface area contributed by atoms with Crippen LogP contribution < -0.4 is 0 Å². The number of likely N-dealkylation sites (tertiary alicyclic amines) is 2. The average Bonchev–Trinajstić information content (AvgIpc) is 2.61. The van der Waals surface area contributed by atoms with Crippen molar-refractivity contribution in [2.45, 2.75) is 51.7 Å². The molecule has 0 bridgehead atoms. The molecule has 1 atom stereocenters. The number of aliphatic hydroxyl groups is 1. The Bertz CT molecular complexity index is 628. The molecule has 0 aliphatic carbocycles. The van der Waals surface area contributed by atoms with E-state index in [0.29, 0.717) is 31.0 Å². The minimum atomic E-state index is -1.34. The van der Waals surface area contributed by atoms with Gasteiger partial charge in [0.15, 0.2) is 5.60 Å². The highest BCUT2D eigenvalue weighted by Crippen LogP contribution is 2.29. The predicted octanol–water partition coefficient (Wildman–Crippen LogP) is 3.05. The van der Waals surface area contributed by atoms with Crippen LogP contribution >= 0.6 is 0 Å². The maximum Gasteiger partial charge on any atom is 0.256 e. The van der Waals surface area contributed by atoms with Crippen molar-refractivity contribution >= 4 is 5.91 Å². The molecule has 1 N–H and O–H groups in total. The fourth-order valence-corrected chi connectivity index (χ4v) is 4.34. The van der Waals surface area contributed by atoms with Crippen LogP contribution in [0.15, 0.2) is 24.3 Å². The molecule has 4 nitrogen and oxygen atoms in total. The summed E-state index contributed by atoms with van der Waals surface area (Å²) in [6, 6.07) is 6.54. The molecule has 0 aromatic heterocycles. The minimum Gasteiger partial charge on any atom is -0.379 e. The monoisotopic (exact) mass is 362 g/mol. The second-order valence-corrected chi connectivity index (χ2v) is 8.31. The average molecular weight is 362 g/mol. The van der Waals surface area contributed by atoms with Gasteiger partial charge in [0.2, 0.25) is 0 Å². The lowest BCUT2D eigenvalue weighted by molar-refractivity contribution is -0.160. The van der Waals surface area contributed by atoms with Gasteiger partial charge in [-0.2, -0.15) is 0 Å². The number of carbonyl (C=O) groups excluding carboxylic acids is 1. The maximum absolute atomic E-state index is 13.9. The third-order valence-corrected chi connectivity index (χ3v) is 6.08. The van der Waals surface area contributed by atoms with Gasteiger partial charge in [-0.25, -0.2) is 4.39 Å². The molecule has 0 radical (unpaired) electrons. The van der Waals surface area contributed by atoms with E-state index in [4.69, 9.17) is 0 Å². The highest BCUT2D eigenvalue weighted by atomic mass is 19.1. The van der Waals surface area contributed by atoms with Crippen LogP contribution in [0.3, 0.4) is 0 Å². The number of hydrogen-bond acceptors (Lipinski definition) is 3. The lowest BCUT2D eigenvalue weighted by Crippen LogP contribution is -2.59. The van der Waals surface area contributed by atoms with Crippen LogP contribution in [0, 0.1) is 17.7 Å². The van der Waals surface area contributed by atoms with Crippen LogP contribution in [-0.2, 0) is 11.3 Å². The number of hydrogen-bond donors (Lipinski definition) is 1. The van der Waals surface area contributed by atoms with Crippen molar-refractivity contribution in [2.75, 3.05) is 26.2 Å². The first-order valence-corrected chi connectivity index (χ1v) is 9.86. The number of rotatable bonds is 5. The van der Waals surface area contributed by atoms with Gasteiger partial charge in [-0.3, -0.25) is 9.69 Å². The Hall–Kier alpha value is -1.46. The van der Waals surface area contributed by atoms with Crippen LogP contribution in [0.2, 0.25) is 0 Å². The van der Waals surface area contributed by atoms with E-state index in [1.807, 2.05) is 0 Å². The highest BCUT2D eigenvalue weighted by molar-refractivity contribution is 5.86. The summed E-state index contributed by atoms with van der Waals surface area (Å²) in [6.45, 7) is 7.59. The molecule has 0 saturated carbocycles. The minimum absolute atomic E-state index is 0.225. The molecule has 0 unspecified atom stereocenters. The fraction of sp³-hybridized carbons (Fsp3) is 0.667. The van der Waals surface area contributed by atoms with E-state index in [1.165, 1.54) is 6.07 Å². The number of halogens is 1. The third-order valence-electron chi connectivity index (χ3n) is 6.08. The summed E-state index contributed by atoms with van der Waals surface area (Å²) >= 11 is 0. The molecule has 5 heteroatoms. The third kappa shape index (κ3) is 4.26. The topological polar surface area (TPSA) is 43.8 Å². The van der Waals surface area contributed by atoms with Crippen LogP contribution in [0.4, 0.5) is 4.39 Å². The van der Waals surface area contributed by atoms with E-state index < -0.39 is 5.60 Å². The maximum atomic E-state index is 13.9. The number of piperidine rings is 2. The van der Waals surface area contributed by atoms with Crippen molar-refractivity contribution in [1.82, 2.24) is 9.80 Å². The Morgan fingerprint density at radius 2 is 1.92 bits per heavy atom. The summed E-state index contributed by atoms with van der Waals surface area (Å²) in [7, 11) is 0. The van der Waals surface area contributed by atoms with E-state index in [1.54, 1.807) is 23.1 Å². The van der Waals surface area contributed by atoms with Gasteiger partial charge in [0.1, 0.15) is 5.82 Å². The summed E-state index contributed by atoms with van der Waals surface area (Å²) in [5.74, 6) is 0.872. The van der Waals surface area contributed by atoms with Gasteiger partial charge in [-0.05, 0) is 56.7 Å². The molecule has 144 valence electrons. The molecule has 1 amide bonds. The van der Waals surface area contributed by atoms with Gasteiger partial charge < -0.3 is 10.0 Å². The Labute approximate surface area is 156 Å². The lowest BCUT2D eigenvalue weighted by atomic mass is 9.85. The number of nitrogens with zero attached hydrogens (tertiary/aromatic N) is 2. The molecule has 1 aromatic rings. The molecule has 3 rings (SSSR count). The van der Waals surface area contributed by atoms with E-state index >= 15 is 0 Å². The van der Waals surface area contributed by atoms with Crippen LogP contribution in [-0.4, -0.2) is 52.6 Å². The number of carbonyl (C=O) groups is 1. The molecular formula is C21H31FN2O2. The van der Waals surface area contributed by atoms with Gasteiger partial charge in [-0.15, -0.1) is 0 Å². The predicted molar refractivity (Wildman–Crippen MR) is 100 cm³/mol. The second-order valence-electron chi connectivity index (χ2n) is 8.31. The number of β-amino-alcohol motifs (C(OH)–C–C–N with tert-alkyl or cyclic N) is 1. The Morgan fingerprint density at radius 1 is 1.23 bits per heavy atom. The first-order valence-electron chi connectivity index (χ1n) is 9.86. The Balaban J connectivity index is 1.62. The quantitative estimate of drug-likeness (QED) is 0.876. The molecule has 26 heavy (non-hydrogen) atoms. The fourth-order valence-electron chi connectivity index (χ4n) is 4.34. The molecule has 2 saturated heterocycles. The first-order chi connectivity index (χ1) is 12.4. The zero-order valence-electron chi connectivity index (χ0n) is 16.0. The van der Waals surface area contributed by atoms with Gasteiger partial charge in [0.05, 0.1) is 0 Å². The summed E-state index contributed by atoms with van der Waals surface area (Å²) in [5.41, 5.74) is -0.836. The van der Waals surface area contributed by atoms with Gasteiger partial charge in [0.25, 0.3) is 5.91 Å². The van der Waals surface area contributed by atoms with Crippen LogP contribution in [0.1, 0.15) is 45.1 Å². The van der Waals surface area contributed by atoms with Gasteiger partial charge in [0, 0.05) is 25.2 Å². The summed E-state index contributed by atoms with van der Waals surface area (Å²) in [5, 5.41) is 11.1. The standard InChI is InChI=1S/C21H31FN2O2/c1-16(2)17-8-12-23(13-9-17)15-21(26)10-5-11-24(20(21)25)14-18-6-3-4-7-19(18)22/h3-4,6-7,16-17,26H,5,8-15H2,1-2H3/t21-/m1/s1. The van der Waals surface area contributed by atoms with Crippen molar-refractivity contribution in [3.8, 4) is 0 Å². The zero-order chi connectivity index (χ0) is 18.7. The van der Waals surface area contributed by atoms with Crippen molar-refractivity contribution in [3.05, 3.63) is 35.6 Å². The van der Waals surface area contributed by atoms with Crippen LogP contribution in [0.25, 0.3) is 0 Å². The highest BCUT2D eigenvalue weighted by Gasteiger charge is 2.43. The molecule has 2 aliphatic heterocycles. The van der Waals surface area contributed by atoms with Gasteiger partial charge >= 0.3 is 0 Å². The molecule has 2 fully saturated rings.